The molecule has 0 atom stereocenters. The Bertz CT molecular complexity index is 1130. The topological polar surface area (TPSA) is 85.9 Å². The highest BCUT2D eigenvalue weighted by atomic mass is 16.5. The average Bonchev–Trinajstić information content (AvgIpc) is 3.10. The van der Waals surface area contributed by atoms with Crippen LogP contribution in [-0.2, 0) is 6.54 Å². The van der Waals surface area contributed by atoms with Gasteiger partial charge in [-0.25, -0.2) is 15.0 Å². The first-order valence-electron chi connectivity index (χ1n) is 8.23. The minimum Gasteiger partial charge on any atom is -0.481 e. The van der Waals surface area contributed by atoms with E-state index < -0.39 is 0 Å². The Balaban J connectivity index is 1.56. The van der Waals surface area contributed by atoms with E-state index in [1.54, 1.807) is 7.11 Å². The first-order valence-corrected chi connectivity index (χ1v) is 8.23. The van der Waals surface area contributed by atoms with Crippen molar-refractivity contribution in [3.8, 4) is 23.6 Å². The van der Waals surface area contributed by atoms with Gasteiger partial charge >= 0.3 is 0 Å². The van der Waals surface area contributed by atoms with Gasteiger partial charge in [-0.2, -0.15) is 5.26 Å². The van der Waals surface area contributed by atoms with Gasteiger partial charge < -0.3 is 14.0 Å². The average molecular weight is 357 g/mol. The Morgan fingerprint density at radius 3 is 2.74 bits per heavy atom. The molecule has 7 nitrogen and oxygen atoms in total. The first-order chi connectivity index (χ1) is 13.2. The summed E-state index contributed by atoms with van der Waals surface area (Å²) in [5, 5.41) is 9.96. The van der Waals surface area contributed by atoms with Gasteiger partial charge in [-0.3, -0.25) is 0 Å². The summed E-state index contributed by atoms with van der Waals surface area (Å²) in [6.07, 6.45) is 5.15. The maximum absolute atomic E-state index is 8.91. The van der Waals surface area contributed by atoms with E-state index >= 15 is 0 Å². The van der Waals surface area contributed by atoms with E-state index in [1.807, 2.05) is 54.9 Å². The van der Waals surface area contributed by atoms with Crippen molar-refractivity contribution in [1.82, 2.24) is 19.5 Å². The van der Waals surface area contributed by atoms with E-state index in [2.05, 4.69) is 19.5 Å². The van der Waals surface area contributed by atoms with Gasteiger partial charge in [0.1, 0.15) is 23.8 Å². The molecule has 4 rings (SSSR count). The van der Waals surface area contributed by atoms with Gasteiger partial charge in [0.25, 0.3) is 0 Å². The minimum absolute atomic E-state index is 0.264. The molecule has 0 aliphatic carbocycles. The molecule has 1 aromatic carbocycles. The second kappa shape index (κ2) is 7.14. The SMILES string of the molecule is COc1ccc(Cn2ccc3cc(Oc4cc(C#N)ncn4)ccc32)cn1. The Kier molecular flexibility index (Phi) is 4.37. The van der Waals surface area contributed by atoms with Crippen LogP contribution in [0.3, 0.4) is 0 Å². The summed E-state index contributed by atoms with van der Waals surface area (Å²) in [5.41, 5.74) is 2.43. The number of nitriles is 1. The van der Waals surface area contributed by atoms with Crippen LogP contribution in [0.5, 0.6) is 17.5 Å². The number of hydrogen-bond donors (Lipinski definition) is 0. The van der Waals surface area contributed by atoms with Gasteiger partial charge in [-0.15, -0.1) is 0 Å². The van der Waals surface area contributed by atoms with E-state index in [0.29, 0.717) is 24.1 Å². The molecular weight excluding hydrogens is 342 g/mol. The minimum atomic E-state index is 0.264. The molecule has 3 heterocycles. The van der Waals surface area contributed by atoms with Gasteiger partial charge in [0, 0.05) is 42.0 Å². The van der Waals surface area contributed by atoms with Crippen LogP contribution in [0.15, 0.2) is 61.2 Å². The number of nitrogens with zero attached hydrogens (tertiary/aromatic N) is 5. The molecule has 0 aliphatic heterocycles. The van der Waals surface area contributed by atoms with E-state index in [4.69, 9.17) is 14.7 Å². The van der Waals surface area contributed by atoms with E-state index in [0.717, 1.165) is 16.5 Å². The lowest BCUT2D eigenvalue weighted by Gasteiger charge is -2.08. The maximum atomic E-state index is 8.91. The molecule has 27 heavy (non-hydrogen) atoms. The third kappa shape index (κ3) is 3.55. The van der Waals surface area contributed by atoms with Gasteiger partial charge in [0.15, 0.2) is 0 Å². The Labute approximate surface area is 155 Å². The molecule has 0 radical (unpaired) electrons. The Morgan fingerprint density at radius 2 is 1.96 bits per heavy atom. The lowest BCUT2D eigenvalue weighted by Crippen LogP contribution is -1.99. The van der Waals surface area contributed by atoms with E-state index in [-0.39, 0.29) is 5.69 Å². The molecule has 0 aliphatic rings. The van der Waals surface area contributed by atoms with Crippen LogP contribution in [0.4, 0.5) is 0 Å². The summed E-state index contributed by atoms with van der Waals surface area (Å²) in [7, 11) is 1.60. The molecule has 0 N–H and O–H groups in total. The largest absolute Gasteiger partial charge is 0.481 e. The summed E-state index contributed by atoms with van der Waals surface area (Å²) < 4.78 is 13.0. The zero-order valence-corrected chi connectivity index (χ0v) is 14.5. The van der Waals surface area contributed by atoms with Crippen LogP contribution >= 0.6 is 0 Å². The normalized spacial score (nSPS) is 10.5. The van der Waals surface area contributed by atoms with Gasteiger partial charge in [0.05, 0.1) is 7.11 Å². The highest BCUT2D eigenvalue weighted by Gasteiger charge is 2.06. The Morgan fingerprint density at radius 1 is 1.04 bits per heavy atom. The van der Waals surface area contributed by atoms with Crippen LogP contribution in [0.25, 0.3) is 10.9 Å². The molecular formula is C20H15N5O2. The molecule has 0 spiro atoms. The molecule has 0 unspecified atom stereocenters. The van der Waals surface area contributed by atoms with Crippen molar-refractivity contribution in [2.24, 2.45) is 0 Å². The highest BCUT2D eigenvalue weighted by Crippen LogP contribution is 2.26. The zero-order chi connectivity index (χ0) is 18.6. The van der Waals surface area contributed by atoms with Crippen molar-refractivity contribution in [3.05, 3.63) is 72.4 Å². The predicted octanol–water partition coefficient (Wildman–Crippen LogP) is 3.55. The number of rotatable bonds is 5. The van der Waals surface area contributed by atoms with Crippen LogP contribution in [-0.4, -0.2) is 26.6 Å². The first kappa shape index (κ1) is 16.5. The second-order valence-electron chi connectivity index (χ2n) is 5.83. The van der Waals surface area contributed by atoms with Crippen molar-refractivity contribution < 1.29 is 9.47 Å². The zero-order valence-electron chi connectivity index (χ0n) is 14.5. The standard InChI is InChI=1S/C20H15N5O2/c1-26-19-5-2-14(11-22-19)12-25-7-6-15-8-17(3-4-18(15)25)27-20-9-16(10-21)23-13-24-20/h2-9,11,13H,12H2,1H3. The highest BCUT2D eigenvalue weighted by molar-refractivity contribution is 5.81. The molecule has 0 saturated carbocycles. The quantitative estimate of drug-likeness (QED) is 0.543. The van der Waals surface area contributed by atoms with Crippen molar-refractivity contribution in [3.63, 3.8) is 0 Å². The fourth-order valence-electron chi connectivity index (χ4n) is 2.78. The van der Waals surface area contributed by atoms with E-state index in [9.17, 15) is 0 Å². The summed E-state index contributed by atoms with van der Waals surface area (Å²) in [6.45, 7) is 0.706. The second-order valence-corrected chi connectivity index (χ2v) is 5.83. The molecule has 132 valence electrons. The molecule has 3 aromatic heterocycles. The molecule has 0 fully saturated rings. The molecule has 0 amide bonds. The van der Waals surface area contributed by atoms with Crippen LogP contribution in [0, 0.1) is 11.3 Å². The van der Waals surface area contributed by atoms with Crippen LogP contribution in [0.1, 0.15) is 11.3 Å². The fourth-order valence-corrected chi connectivity index (χ4v) is 2.78. The summed E-state index contributed by atoms with van der Waals surface area (Å²) in [5.74, 6) is 1.58. The summed E-state index contributed by atoms with van der Waals surface area (Å²) >= 11 is 0. The maximum Gasteiger partial charge on any atom is 0.223 e. The van der Waals surface area contributed by atoms with Crippen LogP contribution in [0.2, 0.25) is 0 Å². The summed E-state index contributed by atoms with van der Waals surface area (Å²) in [4.78, 5) is 12.1. The number of aromatic nitrogens is 4. The predicted molar refractivity (Wildman–Crippen MR) is 98.7 cm³/mol. The van der Waals surface area contributed by atoms with Crippen molar-refractivity contribution in [1.29, 1.82) is 5.26 Å². The van der Waals surface area contributed by atoms with Gasteiger partial charge in [0.2, 0.25) is 11.8 Å². The molecule has 4 aromatic rings. The lowest BCUT2D eigenvalue weighted by molar-refractivity contribution is 0.397. The fraction of sp³-hybridized carbons (Fsp3) is 0.100. The van der Waals surface area contributed by atoms with Crippen molar-refractivity contribution in [2.45, 2.75) is 6.54 Å². The van der Waals surface area contributed by atoms with E-state index in [1.165, 1.54) is 12.4 Å². The smallest absolute Gasteiger partial charge is 0.223 e. The molecule has 7 heteroatoms. The number of pyridine rings is 1. The van der Waals surface area contributed by atoms with Gasteiger partial charge in [-0.1, -0.05) is 6.07 Å². The number of methoxy groups -OCH3 is 1. The monoisotopic (exact) mass is 357 g/mol. The number of ether oxygens (including phenoxy) is 2. The lowest BCUT2D eigenvalue weighted by atomic mass is 10.2. The number of benzene rings is 1. The molecule has 0 bridgehead atoms. The summed E-state index contributed by atoms with van der Waals surface area (Å²) in [6, 6.07) is 15.2. The number of fused-ring (bicyclic) bond motifs is 1. The third-order valence-corrected chi connectivity index (χ3v) is 4.08. The number of hydrogen-bond acceptors (Lipinski definition) is 6. The Hall–Kier alpha value is -3.92. The van der Waals surface area contributed by atoms with Crippen LogP contribution < -0.4 is 9.47 Å². The molecule has 0 saturated heterocycles. The van der Waals surface area contributed by atoms with Gasteiger partial charge in [-0.05, 0) is 29.8 Å². The third-order valence-electron chi connectivity index (χ3n) is 4.08. The van der Waals surface area contributed by atoms with Crippen molar-refractivity contribution >= 4 is 10.9 Å². The van der Waals surface area contributed by atoms with Crippen molar-refractivity contribution in [2.75, 3.05) is 7.11 Å².